The normalized spacial score (nSPS) is 15.1. The van der Waals surface area contributed by atoms with Crippen molar-refractivity contribution in [1.29, 1.82) is 0 Å². The van der Waals surface area contributed by atoms with Crippen LogP contribution in [0.15, 0.2) is 36.5 Å². The second-order valence-electron chi connectivity index (χ2n) is 5.49. The molecule has 3 aromatic rings. The monoisotopic (exact) mass is 310 g/mol. The van der Waals surface area contributed by atoms with Crippen LogP contribution in [0.4, 0.5) is 5.82 Å². The van der Waals surface area contributed by atoms with Crippen LogP contribution in [0.5, 0.6) is 5.75 Å². The fraction of sp³-hybridized carbons (Fsp3) is 0.294. The maximum atomic E-state index is 5.40. The molecule has 0 spiro atoms. The number of aromatic nitrogens is 3. The first-order valence-electron chi connectivity index (χ1n) is 7.66. The lowest BCUT2D eigenvalue weighted by atomic mass is 10.1. The number of pyridine rings is 1. The second-order valence-corrected chi connectivity index (χ2v) is 5.49. The molecule has 118 valence electrons. The Bertz CT molecular complexity index is 824. The van der Waals surface area contributed by atoms with E-state index in [0.717, 1.165) is 60.0 Å². The first-order valence-corrected chi connectivity index (χ1v) is 7.66. The average molecular weight is 310 g/mol. The zero-order valence-electron chi connectivity index (χ0n) is 13.0. The summed E-state index contributed by atoms with van der Waals surface area (Å²) in [6.07, 6.45) is 1.84. The number of benzene rings is 1. The number of hydrogen-bond donors (Lipinski definition) is 1. The molecule has 6 nitrogen and oxygen atoms in total. The first kappa shape index (κ1) is 14.0. The summed E-state index contributed by atoms with van der Waals surface area (Å²) < 4.78 is 10.7. The smallest absolute Gasteiger partial charge is 0.129 e. The van der Waals surface area contributed by atoms with Crippen LogP contribution < -0.4 is 9.64 Å². The number of ether oxygens (including phenoxy) is 2. The van der Waals surface area contributed by atoms with Gasteiger partial charge in [0.15, 0.2) is 0 Å². The van der Waals surface area contributed by atoms with Gasteiger partial charge in [-0.15, -0.1) is 0 Å². The molecule has 0 saturated carbocycles. The SMILES string of the molecule is COc1ccc2c(-c3ccnc(N4CCOCC4)c3)n[nH]c2c1. The van der Waals surface area contributed by atoms with E-state index >= 15 is 0 Å². The van der Waals surface area contributed by atoms with Crippen LogP contribution in [0.2, 0.25) is 0 Å². The number of nitrogens with zero attached hydrogens (tertiary/aromatic N) is 3. The van der Waals surface area contributed by atoms with Gasteiger partial charge in [-0.2, -0.15) is 5.10 Å². The van der Waals surface area contributed by atoms with Crippen LogP contribution in [0.1, 0.15) is 0 Å². The summed E-state index contributed by atoms with van der Waals surface area (Å²) in [7, 11) is 1.66. The largest absolute Gasteiger partial charge is 0.497 e. The molecule has 6 heteroatoms. The Hall–Kier alpha value is -2.60. The molecule has 1 fully saturated rings. The van der Waals surface area contributed by atoms with Crippen molar-refractivity contribution < 1.29 is 9.47 Å². The van der Waals surface area contributed by atoms with Crippen molar-refractivity contribution in [2.75, 3.05) is 38.3 Å². The van der Waals surface area contributed by atoms with E-state index in [0.29, 0.717) is 0 Å². The quantitative estimate of drug-likeness (QED) is 0.805. The van der Waals surface area contributed by atoms with Crippen molar-refractivity contribution in [3.05, 3.63) is 36.5 Å². The Morgan fingerprint density at radius 3 is 2.87 bits per heavy atom. The van der Waals surface area contributed by atoms with Crippen LogP contribution in [0.25, 0.3) is 22.2 Å². The minimum absolute atomic E-state index is 0.747. The molecule has 2 aromatic heterocycles. The lowest BCUT2D eigenvalue weighted by molar-refractivity contribution is 0.122. The predicted octanol–water partition coefficient (Wildman–Crippen LogP) is 2.47. The number of H-pyrrole nitrogens is 1. The fourth-order valence-corrected chi connectivity index (χ4v) is 2.88. The molecular weight excluding hydrogens is 292 g/mol. The highest BCUT2D eigenvalue weighted by Crippen LogP contribution is 2.30. The van der Waals surface area contributed by atoms with Crippen molar-refractivity contribution in [2.24, 2.45) is 0 Å². The molecule has 0 radical (unpaired) electrons. The number of fused-ring (bicyclic) bond motifs is 1. The van der Waals surface area contributed by atoms with Gasteiger partial charge < -0.3 is 14.4 Å². The third kappa shape index (κ3) is 2.61. The van der Waals surface area contributed by atoms with Crippen molar-refractivity contribution >= 4 is 16.7 Å². The number of morpholine rings is 1. The molecule has 0 amide bonds. The van der Waals surface area contributed by atoms with Gasteiger partial charge in [0.05, 0.1) is 25.8 Å². The Kier molecular flexibility index (Phi) is 3.59. The van der Waals surface area contributed by atoms with E-state index in [1.165, 1.54) is 0 Å². The van der Waals surface area contributed by atoms with E-state index in [-0.39, 0.29) is 0 Å². The van der Waals surface area contributed by atoms with Gasteiger partial charge in [0, 0.05) is 36.3 Å². The van der Waals surface area contributed by atoms with E-state index in [4.69, 9.17) is 9.47 Å². The number of hydrogen-bond acceptors (Lipinski definition) is 5. The zero-order chi connectivity index (χ0) is 15.6. The molecule has 1 saturated heterocycles. The predicted molar refractivity (Wildman–Crippen MR) is 88.9 cm³/mol. The molecule has 0 bridgehead atoms. The molecular formula is C17H18N4O2. The van der Waals surface area contributed by atoms with Crippen molar-refractivity contribution in [3.63, 3.8) is 0 Å². The highest BCUT2D eigenvalue weighted by Gasteiger charge is 2.15. The van der Waals surface area contributed by atoms with Crippen LogP contribution >= 0.6 is 0 Å². The van der Waals surface area contributed by atoms with E-state index < -0.39 is 0 Å². The lowest BCUT2D eigenvalue weighted by Crippen LogP contribution is -2.36. The van der Waals surface area contributed by atoms with E-state index in [9.17, 15) is 0 Å². The topological polar surface area (TPSA) is 63.3 Å². The van der Waals surface area contributed by atoms with Crippen LogP contribution in [0.3, 0.4) is 0 Å². The Labute approximate surface area is 134 Å². The highest BCUT2D eigenvalue weighted by atomic mass is 16.5. The van der Waals surface area contributed by atoms with Crippen LogP contribution in [-0.4, -0.2) is 48.6 Å². The zero-order valence-corrected chi connectivity index (χ0v) is 13.0. The molecule has 0 unspecified atom stereocenters. The maximum absolute atomic E-state index is 5.40. The molecule has 1 aliphatic heterocycles. The van der Waals surface area contributed by atoms with Crippen LogP contribution in [0, 0.1) is 0 Å². The number of methoxy groups -OCH3 is 1. The standard InChI is InChI=1S/C17H18N4O2/c1-22-13-2-3-14-15(11-13)19-20-17(14)12-4-5-18-16(10-12)21-6-8-23-9-7-21/h2-5,10-11H,6-9H2,1H3,(H,19,20). The van der Waals surface area contributed by atoms with Gasteiger partial charge in [-0.05, 0) is 24.3 Å². The van der Waals surface area contributed by atoms with Gasteiger partial charge in [-0.25, -0.2) is 4.98 Å². The summed E-state index contributed by atoms with van der Waals surface area (Å²) in [6.45, 7) is 3.23. The summed E-state index contributed by atoms with van der Waals surface area (Å²) in [5.74, 6) is 1.78. The van der Waals surface area contributed by atoms with Crippen molar-refractivity contribution in [3.8, 4) is 17.0 Å². The Morgan fingerprint density at radius 1 is 1.17 bits per heavy atom. The second kappa shape index (κ2) is 5.89. The summed E-state index contributed by atoms with van der Waals surface area (Å²) in [5, 5.41) is 8.63. The van der Waals surface area contributed by atoms with Crippen molar-refractivity contribution in [1.82, 2.24) is 15.2 Å². The summed E-state index contributed by atoms with van der Waals surface area (Å²) in [5.41, 5.74) is 2.95. The summed E-state index contributed by atoms with van der Waals surface area (Å²) in [4.78, 5) is 6.73. The third-order valence-corrected chi connectivity index (χ3v) is 4.12. The van der Waals surface area contributed by atoms with Crippen molar-refractivity contribution in [2.45, 2.75) is 0 Å². The van der Waals surface area contributed by atoms with E-state index in [2.05, 4.69) is 26.1 Å². The highest BCUT2D eigenvalue weighted by molar-refractivity contribution is 5.93. The van der Waals surface area contributed by atoms with E-state index in [1.807, 2.05) is 30.5 Å². The summed E-state index contributed by atoms with van der Waals surface area (Å²) >= 11 is 0. The van der Waals surface area contributed by atoms with Gasteiger partial charge in [0.2, 0.25) is 0 Å². The van der Waals surface area contributed by atoms with Gasteiger partial charge in [-0.3, -0.25) is 5.10 Å². The minimum Gasteiger partial charge on any atom is -0.497 e. The first-order chi connectivity index (χ1) is 11.3. The van der Waals surface area contributed by atoms with Gasteiger partial charge in [0.25, 0.3) is 0 Å². The Balaban J connectivity index is 1.72. The number of anilines is 1. The minimum atomic E-state index is 0.747. The third-order valence-electron chi connectivity index (χ3n) is 4.12. The molecule has 1 aliphatic rings. The maximum Gasteiger partial charge on any atom is 0.129 e. The molecule has 1 N–H and O–H groups in total. The van der Waals surface area contributed by atoms with Gasteiger partial charge in [-0.1, -0.05) is 0 Å². The number of rotatable bonds is 3. The molecule has 4 rings (SSSR count). The average Bonchev–Trinajstić information content (AvgIpc) is 3.05. The molecule has 3 heterocycles. The lowest BCUT2D eigenvalue weighted by Gasteiger charge is -2.27. The molecule has 0 atom stereocenters. The molecule has 1 aromatic carbocycles. The summed E-state index contributed by atoms with van der Waals surface area (Å²) in [6, 6.07) is 10.0. The molecule has 0 aliphatic carbocycles. The fourth-order valence-electron chi connectivity index (χ4n) is 2.88. The molecule has 23 heavy (non-hydrogen) atoms. The number of aromatic amines is 1. The Morgan fingerprint density at radius 2 is 2.04 bits per heavy atom. The van der Waals surface area contributed by atoms with E-state index in [1.54, 1.807) is 7.11 Å². The number of nitrogens with one attached hydrogen (secondary N) is 1. The van der Waals surface area contributed by atoms with Crippen LogP contribution in [-0.2, 0) is 4.74 Å². The van der Waals surface area contributed by atoms with Gasteiger partial charge in [0.1, 0.15) is 17.3 Å². The van der Waals surface area contributed by atoms with Gasteiger partial charge >= 0.3 is 0 Å².